The number of carbonyl (C=O) groups is 2. The molecule has 53 heavy (non-hydrogen) atoms. The Morgan fingerprint density at radius 2 is 1.62 bits per heavy atom. The lowest BCUT2D eigenvalue weighted by Crippen LogP contribution is -2.62. The lowest BCUT2D eigenvalue weighted by Gasteiger charge is -2.52. The Labute approximate surface area is 311 Å². The van der Waals surface area contributed by atoms with E-state index in [9.17, 15) is 31.2 Å². The number of hydrogen-bond acceptors (Lipinski definition) is 9. The van der Waals surface area contributed by atoms with Crippen molar-refractivity contribution in [3.63, 3.8) is 0 Å². The molecule has 2 aromatic rings. The van der Waals surface area contributed by atoms with Crippen molar-refractivity contribution < 1.29 is 40.5 Å². The lowest BCUT2D eigenvalue weighted by atomic mass is 9.70. The molecule has 2 aliphatic heterocycles. The van der Waals surface area contributed by atoms with Crippen LogP contribution in [0.25, 0.3) is 0 Å². The van der Waals surface area contributed by atoms with E-state index in [-0.39, 0.29) is 40.6 Å². The average molecular weight is 766 g/mol. The zero-order valence-corrected chi connectivity index (χ0v) is 32.7. The summed E-state index contributed by atoms with van der Waals surface area (Å²) >= 11 is 0. The summed E-state index contributed by atoms with van der Waals surface area (Å²) in [6, 6.07) is 5.52. The molecular formula is C38H54F3N5O6S. The maximum absolute atomic E-state index is 13.2. The van der Waals surface area contributed by atoms with Crippen LogP contribution in [0.4, 0.5) is 13.2 Å². The number of ether oxygens (including phenoxy) is 1. The van der Waals surface area contributed by atoms with E-state index in [1.54, 1.807) is 19.2 Å². The molecule has 4 aliphatic rings. The highest BCUT2D eigenvalue weighted by Gasteiger charge is 2.65. The van der Waals surface area contributed by atoms with Crippen molar-refractivity contribution in [2.75, 3.05) is 52.2 Å². The van der Waals surface area contributed by atoms with Crippen LogP contribution >= 0.6 is 0 Å². The first-order chi connectivity index (χ1) is 24.6. The molecule has 2 aliphatic carbocycles. The molecule has 6 rings (SSSR count). The summed E-state index contributed by atoms with van der Waals surface area (Å²) in [6.07, 6.45) is 0.857. The monoisotopic (exact) mass is 765 g/mol. The molecule has 1 N–H and O–H groups in total. The van der Waals surface area contributed by atoms with Crippen LogP contribution < -0.4 is 0 Å². The molecule has 1 aromatic carbocycles. The Balaban J connectivity index is 0.000000300. The van der Waals surface area contributed by atoms with Crippen molar-refractivity contribution in [2.24, 2.45) is 16.7 Å². The molecule has 15 heteroatoms. The SMILES string of the molecule is CC1(C)C2CCC1(CS(=O)(=O)O)C(=O)C2.COC[C@@H](c1ccc(C(F)(F)F)cc1)N1CCN(C2(C)CCN(C(=O)c3c(C)ncnc3C)CC2)C[C@@H]1C. The Bertz CT molecular complexity index is 1740. The summed E-state index contributed by atoms with van der Waals surface area (Å²) in [4.78, 5) is 40.3. The topological polar surface area (TPSA) is 133 Å². The number of ketones is 1. The summed E-state index contributed by atoms with van der Waals surface area (Å²) in [5, 5.41) is 0. The van der Waals surface area contributed by atoms with E-state index < -0.39 is 33.0 Å². The van der Waals surface area contributed by atoms with Crippen molar-refractivity contribution in [3.8, 4) is 0 Å². The maximum atomic E-state index is 13.2. The van der Waals surface area contributed by atoms with Crippen LogP contribution in [0.1, 0.15) is 98.7 Å². The fraction of sp³-hybridized carbons (Fsp3) is 0.684. The van der Waals surface area contributed by atoms with Crippen molar-refractivity contribution in [1.82, 2.24) is 24.7 Å². The third-order valence-electron chi connectivity index (χ3n) is 12.9. The van der Waals surface area contributed by atoms with Gasteiger partial charge in [-0.15, -0.1) is 0 Å². The Kier molecular flexibility index (Phi) is 11.9. The van der Waals surface area contributed by atoms with Gasteiger partial charge in [-0.05, 0) is 82.4 Å². The van der Waals surface area contributed by atoms with Crippen LogP contribution in [0, 0.1) is 30.6 Å². The number of methoxy groups -OCH3 is 1. The van der Waals surface area contributed by atoms with Gasteiger partial charge in [-0.1, -0.05) is 26.0 Å². The van der Waals surface area contributed by atoms with Crippen molar-refractivity contribution in [1.29, 1.82) is 0 Å². The molecule has 2 unspecified atom stereocenters. The number of hydrogen-bond donors (Lipinski definition) is 1. The van der Waals surface area contributed by atoms with Crippen LogP contribution in [-0.4, -0.2) is 113 Å². The first-order valence-electron chi connectivity index (χ1n) is 18.4. The zero-order chi connectivity index (χ0) is 39.1. The summed E-state index contributed by atoms with van der Waals surface area (Å²) < 4.78 is 75.7. The number of piperazine rings is 1. The number of nitrogens with zero attached hydrogens (tertiary/aromatic N) is 5. The number of halogens is 3. The minimum atomic E-state index is -4.35. The van der Waals surface area contributed by atoms with Gasteiger partial charge in [0.25, 0.3) is 16.0 Å². The van der Waals surface area contributed by atoms with E-state index in [0.29, 0.717) is 49.5 Å². The summed E-state index contributed by atoms with van der Waals surface area (Å²) in [6.45, 7) is 16.3. The number of carbonyl (C=O) groups excluding carboxylic acids is 2. The van der Waals surface area contributed by atoms with Gasteiger partial charge in [0.2, 0.25) is 0 Å². The van der Waals surface area contributed by atoms with Gasteiger partial charge in [-0.25, -0.2) is 9.97 Å². The minimum Gasteiger partial charge on any atom is -0.383 e. The standard InChI is InChI=1S/C28H38F3N5O2.C10H16O4S/c1-19-16-35(14-15-36(19)24(17-38-5)22-6-8-23(9-7-22)28(29,30)31)27(4)10-12-34(13-11-27)26(37)25-20(2)32-18-33-21(25)3;1-9(2)7-3-4-10(9,8(11)5-7)6-15(12,13)14/h6-9,18-19,24H,10-17H2,1-5H3;7H,3-6H2,1-2H3,(H,12,13,14)/t19-,24-;/m0./s1. The number of likely N-dealkylation sites (tertiary alicyclic amines) is 1. The van der Waals surface area contributed by atoms with Gasteiger partial charge in [-0.2, -0.15) is 21.6 Å². The quantitative estimate of drug-likeness (QED) is 0.331. The number of piperidine rings is 1. The predicted molar refractivity (Wildman–Crippen MR) is 194 cm³/mol. The van der Waals surface area contributed by atoms with E-state index in [0.717, 1.165) is 56.6 Å². The van der Waals surface area contributed by atoms with Gasteiger partial charge in [0, 0.05) is 57.8 Å². The van der Waals surface area contributed by atoms with Gasteiger partial charge in [0.05, 0.1) is 46.3 Å². The average Bonchev–Trinajstić information content (AvgIpc) is 3.41. The third kappa shape index (κ3) is 8.34. The van der Waals surface area contributed by atoms with E-state index in [1.807, 2.05) is 32.6 Å². The zero-order valence-electron chi connectivity index (χ0n) is 31.9. The summed E-state index contributed by atoms with van der Waals surface area (Å²) in [7, 11) is -2.45. The highest BCUT2D eigenvalue weighted by Crippen LogP contribution is 2.64. The molecule has 2 saturated carbocycles. The van der Waals surface area contributed by atoms with Crippen molar-refractivity contribution in [3.05, 3.63) is 58.7 Å². The van der Waals surface area contributed by atoms with Gasteiger partial charge >= 0.3 is 6.18 Å². The number of benzene rings is 1. The van der Waals surface area contributed by atoms with Crippen LogP contribution in [0.5, 0.6) is 0 Å². The van der Waals surface area contributed by atoms with Gasteiger partial charge in [-0.3, -0.25) is 23.9 Å². The number of Topliss-reactive ketones (excluding diaryl/α,β-unsaturated/α-hetero) is 1. The minimum absolute atomic E-state index is 0.000198. The smallest absolute Gasteiger partial charge is 0.383 e. The van der Waals surface area contributed by atoms with E-state index >= 15 is 0 Å². The largest absolute Gasteiger partial charge is 0.416 e. The second-order valence-electron chi connectivity index (χ2n) is 16.2. The van der Waals surface area contributed by atoms with Gasteiger partial charge < -0.3 is 9.64 Å². The molecule has 3 heterocycles. The predicted octanol–water partition coefficient (Wildman–Crippen LogP) is 5.77. The molecule has 11 nitrogen and oxygen atoms in total. The number of alkyl halides is 3. The summed E-state index contributed by atoms with van der Waals surface area (Å²) in [5.41, 5.74) is 1.06. The molecule has 294 valence electrons. The molecular weight excluding hydrogens is 712 g/mol. The second-order valence-corrected chi connectivity index (χ2v) is 17.7. The van der Waals surface area contributed by atoms with Crippen LogP contribution in [0.2, 0.25) is 0 Å². The first-order valence-corrected chi connectivity index (χ1v) is 20.0. The molecule has 4 fully saturated rings. The fourth-order valence-corrected chi connectivity index (χ4v) is 10.6. The van der Waals surface area contributed by atoms with Crippen molar-refractivity contribution in [2.45, 2.75) is 97.4 Å². The fourth-order valence-electron chi connectivity index (χ4n) is 9.35. The lowest BCUT2D eigenvalue weighted by molar-refractivity contribution is -0.137. The number of amides is 1. The van der Waals surface area contributed by atoms with E-state index in [4.69, 9.17) is 9.29 Å². The molecule has 2 saturated heterocycles. The molecule has 2 bridgehead atoms. The normalized spacial score (nSPS) is 26.6. The number of aromatic nitrogens is 2. The third-order valence-corrected chi connectivity index (χ3v) is 13.8. The Morgan fingerprint density at radius 3 is 2.09 bits per heavy atom. The second kappa shape index (κ2) is 15.3. The highest BCUT2D eigenvalue weighted by atomic mass is 32.2. The number of rotatable bonds is 8. The molecule has 1 aromatic heterocycles. The van der Waals surface area contributed by atoms with Crippen LogP contribution in [-0.2, 0) is 25.8 Å². The van der Waals surface area contributed by atoms with E-state index in [1.165, 1.54) is 6.33 Å². The van der Waals surface area contributed by atoms with Crippen molar-refractivity contribution >= 4 is 21.8 Å². The highest BCUT2D eigenvalue weighted by molar-refractivity contribution is 7.85. The number of aryl methyl sites for hydroxylation is 2. The number of fused-ring (bicyclic) bond motifs is 2. The molecule has 1 amide bonds. The van der Waals surface area contributed by atoms with Crippen LogP contribution in [0.3, 0.4) is 0 Å². The van der Waals surface area contributed by atoms with Gasteiger partial charge in [0.15, 0.2) is 0 Å². The van der Waals surface area contributed by atoms with E-state index in [2.05, 4.69) is 33.6 Å². The summed E-state index contributed by atoms with van der Waals surface area (Å²) in [5.74, 6) is -0.101. The Morgan fingerprint density at radius 1 is 1.02 bits per heavy atom. The first kappa shape index (κ1) is 41.2. The van der Waals surface area contributed by atoms with Crippen LogP contribution in [0.15, 0.2) is 30.6 Å². The van der Waals surface area contributed by atoms with Gasteiger partial charge in [0.1, 0.15) is 12.1 Å². The molecule has 0 spiro atoms. The maximum Gasteiger partial charge on any atom is 0.416 e. The Hall–Kier alpha value is -2.98. The molecule has 4 atom stereocenters. The molecule has 0 radical (unpaired) electrons.